The van der Waals surface area contributed by atoms with Crippen molar-refractivity contribution in [2.45, 2.75) is 33.1 Å². The van der Waals surface area contributed by atoms with E-state index in [1.165, 1.54) is 0 Å². The molecule has 0 aliphatic rings. The summed E-state index contributed by atoms with van der Waals surface area (Å²) in [6, 6.07) is 18.3. The topological polar surface area (TPSA) is 63.8 Å². The summed E-state index contributed by atoms with van der Waals surface area (Å²) in [5.74, 6) is 0.774. The first-order chi connectivity index (χ1) is 14.3. The number of benzene rings is 2. The molecule has 0 aliphatic heterocycles. The normalized spacial score (nSPS) is 12.0. The summed E-state index contributed by atoms with van der Waals surface area (Å²) in [6.45, 7) is 8.31. The Hall–Kier alpha value is -3.32. The van der Waals surface area contributed by atoms with Crippen molar-refractivity contribution in [2.75, 3.05) is 0 Å². The van der Waals surface area contributed by atoms with E-state index in [4.69, 9.17) is 17.3 Å². The van der Waals surface area contributed by atoms with Gasteiger partial charge in [-0.25, -0.2) is 4.68 Å². The molecule has 0 radical (unpaired) electrons. The van der Waals surface area contributed by atoms with Crippen LogP contribution in [0.2, 0.25) is 0 Å². The highest BCUT2D eigenvalue weighted by Gasteiger charge is 2.21. The maximum Gasteiger partial charge on any atom is 0.216 e. The number of nitrogens with one attached hydrogen (secondary N) is 1. The van der Waals surface area contributed by atoms with Crippen molar-refractivity contribution in [2.24, 2.45) is 5.10 Å². The SMILES string of the molecule is Cc1ccccc1-n1cc(/C=N\n2c(C(C)(C)C)n[nH]c2=S)c(-c2ccccc2)n1. The number of aromatic nitrogens is 5. The second kappa shape index (κ2) is 7.84. The molecule has 30 heavy (non-hydrogen) atoms. The molecule has 2 heterocycles. The van der Waals surface area contributed by atoms with Gasteiger partial charge in [-0.1, -0.05) is 69.3 Å². The summed E-state index contributed by atoms with van der Waals surface area (Å²) in [5, 5.41) is 16.7. The zero-order valence-electron chi connectivity index (χ0n) is 17.5. The third-order valence-electron chi connectivity index (χ3n) is 4.79. The monoisotopic (exact) mass is 416 g/mol. The zero-order valence-corrected chi connectivity index (χ0v) is 18.3. The summed E-state index contributed by atoms with van der Waals surface area (Å²) in [7, 11) is 0. The molecule has 6 nitrogen and oxygen atoms in total. The van der Waals surface area contributed by atoms with Crippen LogP contribution in [-0.4, -0.2) is 30.9 Å². The second-order valence-electron chi connectivity index (χ2n) is 8.19. The van der Waals surface area contributed by atoms with E-state index < -0.39 is 0 Å². The van der Waals surface area contributed by atoms with E-state index in [0.717, 1.165) is 33.9 Å². The largest absolute Gasteiger partial charge is 0.250 e. The number of rotatable bonds is 4. The van der Waals surface area contributed by atoms with E-state index >= 15 is 0 Å². The highest BCUT2D eigenvalue weighted by Crippen LogP contribution is 2.24. The minimum absolute atomic E-state index is 0.196. The Morgan fingerprint density at radius 1 is 1.03 bits per heavy atom. The molecule has 2 aromatic heterocycles. The lowest BCUT2D eigenvalue weighted by molar-refractivity contribution is 0.516. The number of H-pyrrole nitrogens is 1. The zero-order chi connectivity index (χ0) is 21.3. The maximum atomic E-state index is 5.39. The average Bonchev–Trinajstić information content (AvgIpc) is 3.31. The lowest BCUT2D eigenvalue weighted by Gasteiger charge is -2.15. The van der Waals surface area contributed by atoms with Crippen molar-refractivity contribution in [3.8, 4) is 16.9 Å². The highest BCUT2D eigenvalue weighted by atomic mass is 32.1. The Morgan fingerprint density at radius 2 is 1.73 bits per heavy atom. The first kappa shape index (κ1) is 20.0. The van der Waals surface area contributed by atoms with Gasteiger partial charge in [-0.05, 0) is 30.8 Å². The smallest absolute Gasteiger partial charge is 0.216 e. The molecule has 0 spiro atoms. The van der Waals surface area contributed by atoms with E-state index in [1.807, 2.05) is 53.3 Å². The van der Waals surface area contributed by atoms with Crippen LogP contribution < -0.4 is 0 Å². The first-order valence-electron chi connectivity index (χ1n) is 9.78. The third kappa shape index (κ3) is 3.89. The number of nitrogens with zero attached hydrogens (tertiary/aromatic N) is 5. The highest BCUT2D eigenvalue weighted by molar-refractivity contribution is 7.71. The molecule has 1 N–H and O–H groups in total. The predicted molar refractivity (Wildman–Crippen MR) is 123 cm³/mol. The van der Waals surface area contributed by atoms with Crippen LogP contribution in [0.5, 0.6) is 0 Å². The lowest BCUT2D eigenvalue weighted by atomic mass is 9.96. The number of hydrogen-bond donors (Lipinski definition) is 1. The fraction of sp³-hybridized carbons (Fsp3) is 0.217. The van der Waals surface area contributed by atoms with Gasteiger partial charge >= 0.3 is 0 Å². The average molecular weight is 417 g/mol. The number of para-hydroxylation sites is 1. The van der Waals surface area contributed by atoms with Crippen LogP contribution in [0.15, 0.2) is 65.9 Å². The van der Waals surface area contributed by atoms with Crippen molar-refractivity contribution in [1.29, 1.82) is 0 Å². The maximum absolute atomic E-state index is 5.39. The molecule has 4 aromatic rings. The van der Waals surface area contributed by atoms with Crippen LogP contribution in [0, 0.1) is 11.7 Å². The van der Waals surface area contributed by atoms with Crippen LogP contribution >= 0.6 is 12.2 Å². The van der Waals surface area contributed by atoms with Crippen LogP contribution in [0.3, 0.4) is 0 Å². The molecule has 0 aliphatic carbocycles. The fourth-order valence-corrected chi connectivity index (χ4v) is 3.43. The van der Waals surface area contributed by atoms with E-state index in [2.05, 4.69) is 55.1 Å². The molecule has 4 rings (SSSR count). The second-order valence-corrected chi connectivity index (χ2v) is 8.58. The van der Waals surface area contributed by atoms with Gasteiger partial charge in [0.1, 0.15) is 5.69 Å². The van der Waals surface area contributed by atoms with Crippen molar-refractivity contribution >= 4 is 18.4 Å². The predicted octanol–water partition coefficient (Wildman–Crippen LogP) is 5.28. The molecule has 0 amide bonds. The van der Waals surface area contributed by atoms with Gasteiger partial charge in [0.05, 0.1) is 11.9 Å². The van der Waals surface area contributed by atoms with Gasteiger partial charge in [0, 0.05) is 22.7 Å². The van der Waals surface area contributed by atoms with Crippen LogP contribution in [0.25, 0.3) is 16.9 Å². The molecule has 152 valence electrons. The number of aryl methyl sites for hydroxylation is 1. The standard InChI is InChI=1S/C23H24N6S/c1-16-10-8-9-13-19(16)28-15-18(20(27-28)17-11-6-5-7-12-17)14-24-29-21(23(2,3)4)25-26-22(29)30/h5-15H,1-4H3,(H,26,30)/b24-14-. The molecule has 0 saturated heterocycles. The summed E-state index contributed by atoms with van der Waals surface area (Å²) in [6.07, 6.45) is 3.79. The van der Waals surface area contributed by atoms with E-state index in [0.29, 0.717) is 4.77 Å². The molecule has 0 fully saturated rings. The molecule has 0 unspecified atom stereocenters. The van der Waals surface area contributed by atoms with Gasteiger partial charge in [0.2, 0.25) is 4.77 Å². The van der Waals surface area contributed by atoms with Gasteiger partial charge in [-0.2, -0.15) is 20.0 Å². The van der Waals surface area contributed by atoms with Crippen LogP contribution in [-0.2, 0) is 5.41 Å². The van der Waals surface area contributed by atoms with Crippen LogP contribution in [0.4, 0.5) is 0 Å². The lowest BCUT2D eigenvalue weighted by Crippen LogP contribution is -2.17. The van der Waals surface area contributed by atoms with Crippen molar-refractivity contribution in [1.82, 2.24) is 24.7 Å². The Morgan fingerprint density at radius 3 is 2.43 bits per heavy atom. The van der Waals surface area contributed by atoms with Gasteiger partial charge in [-0.3, -0.25) is 5.10 Å². The molecule has 0 saturated carbocycles. The number of aromatic amines is 1. The van der Waals surface area contributed by atoms with E-state index in [-0.39, 0.29) is 5.41 Å². The van der Waals surface area contributed by atoms with Crippen molar-refractivity contribution in [3.05, 3.63) is 82.5 Å². The van der Waals surface area contributed by atoms with Crippen molar-refractivity contribution < 1.29 is 0 Å². The summed E-state index contributed by atoms with van der Waals surface area (Å²) < 4.78 is 4.04. The minimum Gasteiger partial charge on any atom is -0.250 e. The quantitative estimate of drug-likeness (QED) is 0.364. The fourth-order valence-electron chi connectivity index (χ4n) is 3.25. The minimum atomic E-state index is -0.196. The Kier molecular flexibility index (Phi) is 5.22. The molecular formula is C23H24N6S. The first-order valence-corrected chi connectivity index (χ1v) is 10.2. The van der Waals surface area contributed by atoms with Gasteiger partial charge in [-0.15, -0.1) is 0 Å². The molecule has 0 atom stereocenters. The summed E-state index contributed by atoms with van der Waals surface area (Å²) in [5.41, 5.74) is 4.76. The third-order valence-corrected chi connectivity index (χ3v) is 5.05. The van der Waals surface area contributed by atoms with E-state index in [1.54, 1.807) is 10.9 Å². The Balaban J connectivity index is 1.84. The van der Waals surface area contributed by atoms with Gasteiger partial charge < -0.3 is 0 Å². The summed E-state index contributed by atoms with van der Waals surface area (Å²) in [4.78, 5) is 0. The van der Waals surface area contributed by atoms with E-state index in [9.17, 15) is 0 Å². The van der Waals surface area contributed by atoms with Gasteiger partial charge in [0.15, 0.2) is 5.82 Å². The summed E-state index contributed by atoms with van der Waals surface area (Å²) >= 11 is 5.39. The Bertz CT molecular complexity index is 1250. The molecule has 2 aromatic carbocycles. The molecule has 7 heteroatoms. The Labute approximate surface area is 180 Å². The van der Waals surface area contributed by atoms with Gasteiger partial charge in [0.25, 0.3) is 0 Å². The molecule has 0 bridgehead atoms. The molecular weight excluding hydrogens is 392 g/mol. The van der Waals surface area contributed by atoms with Crippen LogP contribution in [0.1, 0.15) is 37.7 Å². The number of hydrogen-bond acceptors (Lipinski definition) is 4. The van der Waals surface area contributed by atoms with Crippen molar-refractivity contribution in [3.63, 3.8) is 0 Å².